The molecule has 2 nitrogen and oxygen atoms in total. The van der Waals surface area contributed by atoms with E-state index in [9.17, 15) is 4.39 Å². The molecule has 0 aliphatic carbocycles. The van der Waals surface area contributed by atoms with Crippen LogP contribution in [0.5, 0.6) is 0 Å². The van der Waals surface area contributed by atoms with E-state index in [1.54, 1.807) is 0 Å². The minimum absolute atomic E-state index is 0.177. The molecule has 0 saturated carbocycles. The van der Waals surface area contributed by atoms with Crippen molar-refractivity contribution in [2.24, 2.45) is 5.73 Å². The Bertz CT molecular complexity index is 323. The molecule has 1 unspecified atom stereocenters. The third-order valence-electron chi connectivity index (χ3n) is 3.16. The van der Waals surface area contributed by atoms with E-state index in [1.807, 2.05) is 12.1 Å². The fourth-order valence-electron chi connectivity index (χ4n) is 2.12. The van der Waals surface area contributed by atoms with Gasteiger partial charge in [-0.1, -0.05) is 12.1 Å². The molecule has 82 valence electrons. The van der Waals surface area contributed by atoms with Gasteiger partial charge in [-0.25, -0.2) is 4.39 Å². The number of nitrogens with zero attached hydrogens (tertiary/aromatic N) is 1. The SMILES string of the molecule is CC(c1ccc(F)cc1)N1CC[C@@H](N)C1. The molecule has 0 aromatic heterocycles. The van der Waals surface area contributed by atoms with Crippen molar-refractivity contribution in [2.45, 2.75) is 25.4 Å². The minimum Gasteiger partial charge on any atom is -0.326 e. The second kappa shape index (κ2) is 4.29. The van der Waals surface area contributed by atoms with Crippen LogP contribution in [0.1, 0.15) is 24.9 Å². The van der Waals surface area contributed by atoms with Crippen molar-refractivity contribution in [3.8, 4) is 0 Å². The maximum atomic E-state index is 12.8. The Kier molecular flexibility index (Phi) is 3.03. The molecule has 0 amide bonds. The standard InChI is InChI=1S/C12H17FN2/c1-9(15-7-6-12(14)8-15)10-2-4-11(13)5-3-10/h2-5,9,12H,6-8,14H2,1H3/t9?,12-/m1/s1. The first-order chi connectivity index (χ1) is 7.16. The first-order valence-electron chi connectivity index (χ1n) is 5.42. The molecule has 2 atom stereocenters. The fraction of sp³-hybridized carbons (Fsp3) is 0.500. The summed E-state index contributed by atoms with van der Waals surface area (Å²) in [6.07, 6.45) is 1.06. The van der Waals surface area contributed by atoms with Crippen LogP contribution >= 0.6 is 0 Å². The molecule has 0 bridgehead atoms. The van der Waals surface area contributed by atoms with Crippen molar-refractivity contribution < 1.29 is 4.39 Å². The summed E-state index contributed by atoms with van der Waals surface area (Å²) in [5, 5.41) is 0. The lowest BCUT2D eigenvalue weighted by Gasteiger charge is -2.24. The lowest BCUT2D eigenvalue weighted by Crippen LogP contribution is -2.28. The van der Waals surface area contributed by atoms with Crippen molar-refractivity contribution in [2.75, 3.05) is 13.1 Å². The molecule has 2 rings (SSSR count). The predicted octanol–water partition coefficient (Wildman–Crippen LogP) is 1.92. The molecule has 1 aromatic rings. The van der Waals surface area contributed by atoms with Crippen LogP contribution in [0.15, 0.2) is 24.3 Å². The highest BCUT2D eigenvalue weighted by Crippen LogP contribution is 2.24. The topological polar surface area (TPSA) is 29.3 Å². The lowest BCUT2D eigenvalue weighted by atomic mass is 10.1. The monoisotopic (exact) mass is 208 g/mol. The molecule has 0 spiro atoms. The van der Waals surface area contributed by atoms with E-state index in [4.69, 9.17) is 5.73 Å². The summed E-state index contributed by atoms with van der Waals surface area (Å²) in [5.41, 5.74) is 7.02. The summed E-state index contributed by atoms with van der Waals surface area (Å²) in [5.74, 6) is -0.177. The Morgan fingerprint density at radius 1 is 1.40 bits per heavy atom. The number of halogens is 1. The smallest absolute Gasteiger partial charge is 0.123 e. The van der Waals surface area contributed by atoms with E-state index in [1.165, 1.54) is 12.1 Å². The van der Waals surface area contributed by atoms with Gasteiger partial charge in [0.2, 0.25) is 0 Å². The number of hydrogen-bond donors (Lipinski definition) is 1. The summed E-state index contributed by atoms with van der Waals surface area (Å²) >= 11 is 0. The zero-order valence-electron chi connectivity index (χ0n) is 8.99. The molecule has 1 fully saturated rings. The Hall–Kier alpha value is -0.930. The van der Waals surface area contributed by atoms with Crippen LogP contribution in [0, 0.1) is 5.82 Å². The van der Waals surface area contributed by atoms with E-state index >= 15 is 0 Å². The number of benzene rings is 1. The first-order valence-corrected chi connectivity index (χ1v) is 5.42. The van der Waals surface area contributed by atoms with Gasteiger partial charge in [-0.3, -0.25) is 4.90 Å². The summed E-state index contributed by atoms with van der Waals surface area (Å²) in [6, 6.07) is 7.37. The maximum absolute atomic E-state index is 12.8. The van der Waals surface area contributed by atoms with E-state index in [2.05, 4.69) is 11.8 Å². The molecule has 0 radical (unpaired) electrons. The Morgan fingerprint density at radius 3 is 2.60 bits per heavy atom. The van der Waals surface area contributed by atoms with Gasteiger partial charge in [-0.05, 0) is 31.0 Å². The van der Waals surface area contributed by atoms with Crippen LogP contribution < -0.4 is 5.73 Å². The van der Waals surface area contributed by atoms with Crippen molar-refractivity contribution >= 4 is 0 Å². The highest BCUT2D eigenvalue weighted by molar-refractivity contribution is 5.19. The molecular formula is C12H17FN2. The second-order valence-corrected chi connectivity index (χ2v) is 4.27. The Morgan fingerprint density at radius 2 is 2.07 bits per heavy atom. The fourth-order valence-corrected chi connectivity index (χ4v) is 2.12. The highest BCUT2D eigenvalue weighted by Gasteiger charge is 2.24. The van der Waals surface area contributed by atoms with Crippen LogP contribution in [-0.2, 0) is 0 Å². The quantitative estimate of drug-likeness (QED) is 0.804. The third-order valence-corrected chi connectivity index (χ3v) is 3.16. The van der Waals surface area contributed by atoms with Gasteiger partial charge in [-0.15, -0.1) is 0 Å². The van der Waals surface area contributed by atoms with E-state index in [0.717, 1.165) is 25.1 Å². The van der Waals surface area contributed by atoms with Crippen LogP contribution in [0.4, 0.5) is 4.39 Å². The van der Waals surface area contributed by atoms with Crippen LogP contribution in [-0.4, -0.2) is 24.0 Å². The first kappa shape index (κ1) is 10.6. The molecule has 1 aromatic carbocycles. The highest BCUT2D eigenvalue weighted by atomic mass is 19.1. The zero-order valence-corrected chi connectivity index (χ0v) is 8.99. The summed E-state index contributed by atoms with van der Waals surface area (Å²) < 4.78 is 12.8. The zero-order chi connectivity index (χ0) is 10.8. The van der Waals surface area contributed by atoms with E-state index in [-0.39, 0.29) is 5.82 Å². The molecule has 1 saturated heterocycles. The van der Waals surface area contributed by atoms with Gasteiger partial charge >= 0.3 is 0 Å². The summed E-state index contributed by atoms with van der Waals surface area (Å²) in [4.78, 5) is 2.35. The second-order valence-electron chi connectivity index (χ2n) is 4.27. The van der Waals surface area contributed by atoms with Crippen molar-refractivity contribution in [1.82, 2.24) is 4.90 Å². The number of nitrogens with two attached hydrogens (primary N) is 1. The Balaban J connectivity index is 2.07. The van der Waals surface area contributed by atoms with Crippen LogP contribution in [0.3, 0.4) is 0 Å². The molecule has 15 heavy (non-hydrogen) atoms. The Labute approximate surface area is 89.9 Å². The molecule has 1 aliphatic rings. The van der Waals surface area contributed by atoms with E-state index in [0.29, 0.717) is 12.1 Å². The van der Waals surface area contributed by atoms with Gasteiger partial charge < -0.3 is 5.73 Å². The number of rotatable bonds is 2. The molecular weight excluding hydrogens is 191 g/mol. The normalized spacial score (nSPS) is 24.3. The molecule has 1 aliphatic heterocycles. The average Bonchev–Trinajstić information content (AvgIpc) is 2.65. The van der Waals surface area contributed by atoms with E-state index < -0.39 is 0 Å². The van der Waals surface area contributed by atoms with Gasteiger partial charge in [0.25, 0.3) is 0 Å². The van der Waals surface area contributed by atoms with Crippen molar-refractivity contribution in [3.05, 3.63) is 35.6 Å². The molecule has 3 heteroatoms. The maximum Gasteiger partial charge on any atom is 0.123 e. The van der Waals surface area contributed by atoms with Crippen LogP contribution in [0.25, 0.3) is 0 Å². The van der Waals surface area contributed by atoms with Gasteiger partial charge in [0.1, 0.15) is 5.82 Å². The van der Waals surface area contributed by atoms with Crippen LogP contribution in [0.2, 0.25) is 0 Å². The molecule has 1 heterocycles. The minimum atomic E-state index is -0.177. The van der Waals surface area contributed by atoms with Gasteiger partial charge in [0, 0.05) is 25.2 Å². The van der Waals surface area contributed by atoms with Gasteiger partial charge in [0.15, 0.2) is 0 Å². The van der Waals surface area contributed by atoms with Crippen molar-refractivity contribution in [1.29, 1.82) is 0 Å². The third kappa shape index (κ3) is 2.36. The summed E-state index contributed by atoms with van der Waals surface area (Å²) in [6.45, 7) is 4.13. The van der Waals surface area contributed by atoms with Gasteiger partial charge in [0.05, 0.1) is 0 Å². The average molecular weight is 208 g/mol. The molecule has 2 N–H and O–H groups in total. The predicted molar refractivity (Wildman–Crippen MR) is 59.0 cm³/mol. The number of hydrogen-bond acceptors (Lipinski definition) is 2. The largest absolute Gasteiger partial charge is 0.326 e. The van der Waals surface area contributed by atoms with Gasteiger partial charge in [-0.2, -0.15) is 0 Å². The lowest BCUT2D eigenvalue weighted by molar-refractivity contribution is 0.260. The van der Waals surface area contributed by atoms with Crippen molar-refractivity contribution in [3.63, 3.8) is 0 Å². The summed E-state index contributed by atoms with van der Waals surface area (Å²) in [7, 11) is 0. The number of likely N-dealkylation sites (tertiary alicyclic amines) is 1.